The summed E-state index contributed by atoms with van der Waals surface area (Å²) in [6.07, 6.45) is 2.49. The van der Waals surface area contributed by atoms with E-state index in [1.807, 2.05) is 19.2 Å². The second-order valence-electron chi connectivity index (χ2n) is 7.59. The van der Waals surface area contributed by atoms with Crippen LogP contribution in [0.5, 0.6) is 0 Å². The van der Waals surface area contributed by atoms with Gasteiger partial charge in [0.25, 0.3) is 0 Å². The monoisotopic (exact) mass is 368 g/mol. The molecule has 2 unspecified atom stereocenters. The molecule has 1 saturated carbocycles. The van der Waals surface area contributed by atoms with Gasteiger partial charge in [-0.15, -0.1) is 0 Å². The molecule has 2 aliphatic rings. The minimum Gasteiger partial charge on any atom is -0.330 e. The number of benzene rings is 1. The number of aromatic nitrogens is 1. The van der Waals surface area contributed by atoms with Gasteiger partial charge in [-0.1, -0.05) is 18.4 Å². The molecule has 3 N–H and O–H groups in total. The SMILES string of the molecule is CNC=P1(C)C[B]c2c1cc(C(CN)C1CC1)nc2-c1ccc(F)cc1. The highest BCUT2D eigenvalue weighted by Crippen LogP contribution is 2.46. The maximum Gasteiger partial charge on any atom is 0.160 e. The summed E-state index contributed by atoms with van der Waals surface area (Å²) < 4.78 is 13.4. The molecule has 1 aromatic carbocycles. The molecule has 2 aromatic rings. The molecule has 0 bridgehead atoms. The molecule has 2 heterocycles. The van der Waals surface area contributed by atoms with Crippen LogP contribution in [0.2, 0.25) is 0 Å². The molecule has 1 fully saturated rings. The van der Waals surface area contributed by atoms with E-state index in [4.69, 9.17) is 10.7 Å². The Hall–Kier alpha value is -1.42. The lowest BCUT2D eigenvalue weighted by Gasteiger charge is -2.22. The number of nitrogens with zero attached hydrogens (tertiary/aromatic N) is 1. The molecule has 0 spiro atoms. The number of pyridine rings is 1. The lowest BCUT2D eigenvalue weighted by atomic mass is 9.71. The molecule has 2 atom stereocenters. The van der Waals surface area contributed by atoms with Crippen molar-refractivity contribution in [3.63, 3.8) is 0 Å². The largest absolute Gasteiger partial charge is 0.330 e. The predicted octanol–water partition coefficient (Wildman–Crippen LogP) is 1.89. The van der Waals surface area contributed by atoms with Crippen molar-refractivity contribution >= 4 is 30.9 Å². The zero-order valence-electron chi connectivity index (χ0n) is 15.4. The number of nitrogens with two attached hydrogens (primary N) is 1. The summed E-state index contributed by atoms with van der Waals surface area (Å²) in [7, 11) is 4.28. The Morgan fingerprint density at radius 3 is 2.73 bits per heavy atom. The summed E-state index contributed by atoms with van der Waals surface area (Å²) in [5.41, 5.74) is 10.4. The van der Waals surface area contributed by atoms with Crippen LogP contribution in [0.4, 0.5) is 4.39 Å². The number of hydrogen-bond acceptors (Lipinski definition) is 2. The summed E-state index contributed by atoms with van der Waals surface area (Å²) in [4.78, 5) is 5.05. The van der Waals surface area contributed by atoms with E-state index in [1.165, 1.54) is 35.7 Å². The zero-order valence-corrected chi connectivity index (χ0v) is 16.3. The van der Waals surface area contributed by atoms with Gasteiger partial charge in [0.15, 0.2) is 7.28 Å². The van der Waals surface area contributed by atoms with Gasteiger partial charge in [0.1, 0.15) is 5.82 Å². The van der Waals surface area contributed by atoms with Crippen LogP contribution in [-0.4, -0.2) is 44.5 Å². The number of fused-ring (bicyclic) bond motifs is 1. The van der Waals surface area contributed by atoms with Gasteiger partial charge < -0.3 is 5.73 Å². The van der Waals surface area contributed by atoms with Crippen molar-refractivity contribution < 1.29 is 4.39 Å². The summed E-state index contributed by atoms with van der Waals surface area (Å²) in [5.74, 6) is 3.03. The first-order chi connectivity index (χ1) is 12.6. The maximum absolute atomic E-state index is 13.4. The van der Waals surface area contributed by atoms with Crippen LogP contribution in [0.3, 0.4) is 0 Å². The lowest BCUT2D eigenvalue weighted by molar-refractivity contribution is 0.600. The third kappa shape index (κ3) is 3.17. The van der Waals surface area contributed by atoms with Gasteiger partial charge in [-0.3, -0.25) is 10.3 Å². The van der Waals surface area contributed by atoms with Gasteiger partial charge in [-0.25, -0.2) is 4.39 Å². The smallest absolute Gasteiger partial charge is 0.160 e. The van der Waals surface area contributed by atoms with Crippen LogP contribution in [0.1, 0.15) is 24.5 Å². The molecule has 0 amide bonds. The molecule has 135 valence electrons. The van der Waals surface area contributed by atoms with Gasteiger partial charge in [-0.05, 0) is 79.6 Å². The molecule has 0 saturated heterocycles. The van der Waals surface area contributed by atoms with Crippen molar-refractivity contribution in [2.75, 3.05) is 26.3 Å². The van der Waals surface area contributed by atoms with E-state index in [1.54, 1.807) is 0 Å². The van der Waals surface area contributed by atoms with E-state index in [9.17, 15) is 4.39 Å². The van der Waals surface area contributed by atoms with E-state index in [2.05, 4.69) is 31.2 Å². The van der Waals surface area contributed by atoms with E-state index < -0.39 is 6.89 Å². The first-order valence-electron chi connectivity index (χ1n) is 9.27. The third-order valence-electron chi connectivity index (χ3n) is 5.64. The minimum absolute atomic E-state index is 0.218. The topological polar surface area (TPSA) is 50.9 Å². The summed E-state index contributed by atoms with van der Waals surface area (Å²) in [6.45, 7) is 1.59. The van der Waals surface area contributed by atoms with Crippen molar-refractivity contribution in [2.24, 2.45) is 11.7 Å². The van der Waals surface area contributed by atoms with Crippen molar-refractivity contribution in [1.82, 2.24) is 10.3 Å². The van der Waals surface area contributed by atoms with Crippen molar-refractivity contribution in [1.29, 1.82) is 0 Å². The summed E-state index contributed by atoms with van der Waals surface area (Å²) in [6, 6.07) is 10.0. The Labute approximate surface area is 155 Å². The van der Waals surface area contributed by atoms with E-state index in [0.29, 0.717) is 18.4 Å². The Balaban J connectivity index is 1.92. The van der Waals surface area contributed by atoms with Crippen LogP contribution in [-0.2, 0) is 0 Å². The normalized spacial score (nSPS) is 22.6. The van der Waals surface area contributed by atoms with Crippen LogP contribution in [0.25, 0.3) is 11.3 Å². The molecule has 26 heavy (non-hydrogen) atoms. The summed E-state index contributed by atoms with van der Waals surface area (Å²) >= 11 is 0. The van der Waals surface area contributed by atoms with Gasteiger partial charge in [-0.2, -0.15) is 0 Å². The van der Waals surface area contributed by atoms with Crippen LogP contribution in [0.15, 0.2) is 30.3 Å². The number of nitrogens with one attached hydrogen (secondary N) is 1. The second-order valence-corrected chi connectivity index (χ2v) is 11.2. The van der Waals surface area contributed by atoms with Crippen LogP contribution >= 0.6 is 6.89 Å². The molecule has 1 aromatic heterocycles. The Morgan fingerprint density at radius 2 is 2.12 bits per heavy atom. The highest BCUT2D eigenvalue weighted by atomic mass is 31.2. The summed E-state index contributed by atoms with van der Waals surface area (Å²) in [5, 5.41) is 4.66. The van der Waals surface area contributed by atoms with Gasteiger partial charge >= 0.3 is 0 Å². The average Bonchev–Trinajstić information content (AvgIpc) is 3.41. The zero-order chi connectivity index (χ0) is 18.3. The van der Waals surface area contributed by atoms with E-state index in [-0.39, 0.29) is 5.82 Å². The number of halogens is 1. The van der Waals surface area contributed by atoms with Crippen LogP contribution < -0.4 is 21.8 Å². The van der Waals surface area contributed by atoms with Gasteiger partial charge in [0.2, 0.25) is 0 Å². The average molecular weight is 368 g/mol. The molecule has 4 rings (SSSR count). The number of rotatable bonds is 5. The molecule has 3 nitrogen and oxygen atoms in total. The second kappa shape index (κ2) is 6.96. The fourth-order valence-electron chi connectivity index (χ4n) is 4.04. The van der Waals surface area contributed by atoms with E-state index in [0.717, 1.165) is 23.0 Å². The third-order valence-corrected chi connectivity index (χ3v) is 8.88. The molecule has 6 heteroatoms. The van der Waals surface area contributed by atoms with Gasteiger partial charge in [0.05, 0.1) is 5.69 Å². The highest BCUT2D eigenvalue weighted by Gasteiger charge is 2.35. The lowest BCUT2D eigenvalue weighted by Crippen LogP contribution is -2.30. The highest BCUT2D eigenvalue weighted by molar-refractivity contribution is 7.84. The minimum atomic E-state index is -1.40. The van der Waals surface area contributed by atoms with Crippen molar-refractivity contribution in [3.8, 4) is 11.3 Å². The first kappa shape index (κ1) is 18.0. The predicted molar refractivity (Wildman–Crippen MR) is 112 cm³/mol. The van der Waals surface area contributed by atoms with Gasteiger partial charge in [0, 0.05) is 18.2 Å². The Morgan fingerprint density at radius 1 is 1.38 bits per heavy atom. The molecular weight excluding hydrogens is 343 g/mol. The number of hydrogen-bond donors (Lipinski definition) is 2. The molecule has 1 aliphatic carbocycles. The van der Waals surface area contributed by atoms with Crippen LogP contribution in [0, 0.1) is 11.7 Å². The quantitative estimate of drug-likeness (QED) is 0.626. The van der Waals surface area contributed by atoms with E-state index >= 15 is 0 Å². The first-order valence-corrected chi connectivity index (χ1v) is 11.8. The Bertz CT molecular complexity index is 877. The maximum atomic E-state index is 13.4. The molecule has 1 radical (unpaired) electrons. The molecule has 1 aliphatic heterocycles. The molecular formula is C20H25BFN3P. The fraction of sp³-hybridized carbons (Fsp3) is 0.400. The standard InChI is InChI=1S/C20H25BFN3P/c1-24-12-26(2)11-21-19-18(26)9-17(16(10-23)13-3-4-13)25-20(19)14-5-7-15(22)8-6-14/h5-9,12-13,16,24H,3-4,10-11,23H2,1-2H3. The Kier molecular flexibility index (Phi) is 4.81. The fourth-order valence-corrected chi connectivity index (χ4v) is 6.79. The van der Waals surface area contributed by atoms with Crippen molar-refractivity contribution in [3.05, 3.63) is 41.8 Å². The van der Waals surface area contributed by atoms with Crippen molar-refractivity contribution in [2.45, 2.75) is 18.8 Å².